The van der Waals surface area contributed by atoms with Crippen LogP contribution in [0.2, 0.25) is 0 Å². The van der Waals surface area contributed by atoms with Crippen molar-refractivity contribution in [3.63, 3.8) is 0 Å². The molecule has 0 aliphatic carbocycles. The van der Waals surface area contributed by atoms with Gasteiger partial charge in [-0.05, 0) is 49.1 Å². The van der Waals surface area contributed by atoms with Crippen LogP contribution in [0.15, 0.2) is 48.7 Å². The van der Waals surface area contributed by atoms with E-state index in [4.69, 9.17) is 9.47 Å². The van der Waals surface area contributed by atoms with Crippen LogP contribution < -0.4 is 4.74 Å². The van der Waals surface area contributed by atoms with Crippen LogP contribution in [0.3, 0.4) is 0 Å². The summed E-state index contributed by atoms with van der Waals surface area (Å²) in [6.07, 6.45) is 4.28. The summed E-state index contributed by atoms with van der Waals surface area (Å²) in [5.74, 6) is 0.850. The maximum atomic E-state index is 13.0. The summed E-state index contributed by atoms with van der Waals surface area (Å²) < 4.78 is 10.9. The van der Waals surface area contributed by atoms with Crippen molar-refractivity contribution in [2.24, 2.45) is 0 Å². The number of nitrogens with zero attached hydrogens (tertiary/aromatic N) is 2. The molecule has 5 nitrogen and oxygen atoms in total. The standard InChI is InChI=1S/C20H24N2O3/c1-24-18-10-8-16(9-11-18)14-22(15-17-6-2-4-12-21-17)20(23)19-7-3-5-13-25-19/h2,4,6,8-12,19H,3,5,7,13-15H2,1H3. The SMILES string of the molecule is COc1ccc(CN(Cc2ccccn2)C(=O)C2CCCCO2)cc1. The van der Waals surface area contributed by atoms with Crippen molar-refractivity contribution in [3.05, 3.63) is 59.9 Å². The zero-order chi connectivity index (χ0) is 17.5. The van der Waals surface area contributed by atoms with E-state index in [-0.39, 0.29) is 12.0 Å². The van der Waals surface area contributed by atoms with E-state index >= 15 is 0 Å². The molecule has 5 heteroatoms. The quantitative estimate of drug-likeness (QED) is 0.810. The van der Waals surface area contributed by atoms with E-state index in [1.54, 1.807) is 13.3 Å². The van der Waals surface area contributed by atoms with Crippen molar-refractivity contribution in [2.45, 2.75) is 38.5 Å². The van der Waals surface area contributed by atoms with Crippen LogP contribution in [0.5, 0.6) is 5.75 Å². The number of methoxy groups -OCH3 is 1. The Kier molecular flexibility index (Phi) is 6.01. The highest BCUT2D eigenvalue weighted by atomic mass is 16.5. The van der Waals surface area contributed by atoms with Gasteiger partial charge in [0.2, 0.25) is 0 Å². The molecular weight excluding hydrogens is 316 g/mol. The van der Waals surface area contributed by atoms with E-state index in [0.717, 1.165) is 36.3 Å². The highest BCUT2D eigenvalue weighted by Crippen LogP contribution is 2.19. The smallest absolute Gasteiger partial charge is 0.252 e. The number of benzene rings is 1. The summed E-state index contributed by atoms with van der Waals surface area (Å²) in [7, 11) is 1.65. The molecular formula is C20H24N2O3. The van der Waals surface area contributed by atoms with Crippen LogP contribution in [-0.2, 0) is 22.6 Å². The molecule has 1 saturated heterocycles. The monoisotopic (exact) mass is 340 g/mol. The van der Waals surface area contributed by atoms with Gasteiger partial charge in [-0.15, -0.1) is 0 Å². The Morgan fingerprint density at radius 3 is 2.68 bits per heavy atom. The molecule has 1 atom stereocenters. The minimum Gasteiger partial charge on any atom is -0.497 e. The zero-order valence-corrected chi connectivity index (χ0v) is 14.6. The summed E-state index contributed by atoms with van der Waals surface area (Å²) in [5, 5.41) is 0. The molecule has 1 amide bonds. The highest BCUT2D eigenvalue weighted by molar-refractivity contribution is 5.81. The number of rotatable bonds is 6. The van der Waals surface area contributed by atoms with E-state index in [1.165, 1.54) is 0 Å². The first-order chi connectivity index (χ1) is 12.3. The second-order valence-electron chi connectivity index (χ2n) is 6.22. The van der Waals surface area contributed by atoms with Crippen molar-refractivity contribution in [3.8, 4) is 5.75 Å². The van der Waals surface area contributed by atoms with Crippen LogP contribution in [0.1, 0.15) is 30.5 Å². The average Bonchev–Trinajstić information content (AvgIpc) is 2.69. The first-order valence-corrected chi connectivity index (χ1v) is 8.69. The Balaban J connectivity index is 1.75. The number of amides is 1. The van der Waals surface area contributed by atoms with E-state index < -0.39 is 0 Å². The second kappa shape index (κ2) is 8.62. The summed E-state index contributed by atoms with van der Waals surface area (Å²) in [6.45, 7) is 1.67. The van der Waals surface area contributed by atoms with Gasteiger partial charge in [0.25, 0.3) is 5.91 Å². The molecule has 1 unspecified atom stereocenters. The molecule has 2 aromatic rings. The molecule has 0 saturated carbocycles. The molecule has 1 aliphatic heterocycles. The number of ether oxygens (including phenoxy) is 2. The van der Waals surface area contributed by atoms with Gasteiger partial charge < -0.3 is 14.4 Å². The maximum absolute atomic E-state index is 13.0. The minimum absolute atomic E-state index is 0.0428. The number of hydrogen-bond donors (Lipinski definition) is 0. The Labute approximate surface area is 148 Å². The fourth-order valence-corrected chi connectivity index (χ4v) is 2.99. The van der Waals surface area contributed by atoms with Crippen molar-refractivity contribution in [1.29, 1.82) is 0 Å². The van der Waals surface area contributed by atoms with E-state index in [2.05, 4.69) is 4.98 Å². The van der Waals surface area contributed by atoms with Gasteiger partial charge in [-0.25, -0.2) is 0 Å². The van der Waals surface area contributed by atoms with Gasteiger partial charge in [0.05, 0.1) is 19.3 Å². The topological polar surface area (TPSA) is 51.7 Å². The highest BCUT2D eigenvalue weighted by Gasteiger charge is 2.27. The maximum Gasteiger partial charge on any atom is 0.252 e. The molecule has 0 radical (unpaired) electrons. The third kappa shape index (κ3) is 4.79. The van der Waals surface area contributed by atoms with E-state index in [9.17, 15) is 4.79 Å². The lowest BCUT2D eigenvalue weighted by Crippen LogP contribution is -2.41. The number of carbonyl (C=O) groups excluding carboxylic acids is 1. The lowest BCUT2D eigenvalue weighted by molar-refractivity contribution is -0.147. The second-order valence-corrected chi connectivity index (χ2v) is 6.22. The molecule has 0 bridgehead atoms. The number of hydrogen-bond acceptors (Lipinski definition) is 4. The first-order valence-electron chi connectivity index (χ1n) is 8.69. The van der Waals surface area contributed by atoms with E-state index in [1.807, 2.05) is 47.4 Å². The fraction of sp³-hybridized carbons (Fsp3) is 0.400. The Bertz CT molecular complexity index is 667. The third-order valence-corrected chi connectivity index (χ3v) is 4.38. The van der Waals surface area contributed by atoms with Gasteiger partial charge in [-0.1, -0.05) is 18.2 Å². The van der Waals surface area contributed by atoms with E-state index in [0.29, 0.717) is 19.7 Å². The first kappa shape index (κ1) is 17.4. The Morgan fingerprint density at radius 1 is 1.20 bits per heavy atom. The van der Waals surface area contributed by atoms with Gasteiger partial charge in [0.1, 0.15) is 11.9 Å². The molecule has 132 valence electrons. The van der Waals surface area contributed by atoms with Crippen molar-refractivity contribution in [2.75, 3.05) is 13.7 Å². The van der Waals surface area contributed by atoms with Gasteiger partial charge in [-0.3, -0.25) is 9.78 Å². The Hall–Kier alpha value is -2.40. The number of aromatic nitrogens is 1. The van der Waals surface area contributed by atoms with Crippen LogP contribution in [-0.4, -0.2) is 35.6 Å². The predicted octanol–water partition coefficient (Wildman–Crippen LogP) is 3.19. The van der Waals surface area contributed by atoms with Gasteiger partial charge in [0, 0.05) is 19.3 Å². The average molecular weight is 340 g/mol. The normalized spacial score (nSPS) is 17.1. The van der Waals surface area contributed by atoms with Crippen LogP contribution in [0.25, 0.3) is 0 Å². The molecule has 0 spiro atoms. The lowest BCUT2D eigenvalue weighted by Gasteiger charge is -2.29. The number of carbonyl (C=O) groups is 1. The van der Waals surface area contributed by atoms with Gasteiger partial charge in [-0.2, -0.15) is 0 Å². The number of pyridine rings is 1. The molecule has 2 heterocycles. The van der Waals surface area contributed by atoms with Crippen molar-refractivity contribution in [1.82, 2.24) is 9.88 Å². The lowest BCUT2D eigenvalue weighted by atomic mass is 10.1. The van der Waals surface area contributed by atoms with Crippen molar-refractivity contribution < 1.29 is 14.3 Å². The largest absolute Gasteiger partial charge is 0.497 e. The minimum atomic E-state index is -0.337. The predicted molar refractivity (Wildman–Crippen MR) is 95.1 cm³/mol. The molecule has 1 fully saturated rings. The third-order valence-electron chi connectivity index (χ3n) is 4.38. The van der Waals surface area contributed by atoms with Gasteiger partial charge >= 0.3 is 0 Å². The van der Waals surface area contributed by atoms with Crippen LogP contribution >= 0.6 is 0 Å². The molecule has 1 aliphatic rings. The molecule has 1 aromatic carbocycles. The van der Waals surface area contributed by atoms with Gasteiger partial charge in [0.15, 0.2) is 0 Å². The van der Waals surface area contributed by atoms with Crippen molar-refractivity contribution >= 4 is 5.91 Å². The molecule has 0 N–H and O–H groups in total. The van der Waals surface area contributed by atoms with Crippen LogP contribution in [0, 0.1) is 0 Å². The summed E-state index contributed by atoms with van der Waals surface area (Å²) in [5.41, 5.74) is 1.93. The summed E-state index contributed by atoms with van der Waals surface area (Å²) in [4.78, 5) is 19.2. The fourth-order valence-electron chi connectivity index (χ4n) is 2.99. The Morgan fingerprint density at radius 2 is 2.04 bits per heavy atom. The molecule has 1 aromatic heterocycles. The summed E-state index contributed by atoms with van der Waals surface area (Å²) in [6, 6.07) is 13.6. The zero-order valence-electron chi connectivity index (χ0n) is 14.6. The van der Waals surface area contributed by atoms with Crippen LogP contribution in [0.4, 0.5) is 0 Å². The summed E-state index contributed by atoms with van der Waals surface area (Å²) >= 11 is 0. The molecule has 3 rings (SSSR count). The molecule has 25 heavy (non-hydrogen) atoms.